The van der Waals surface area contributed by atoms with E-state index in [0.717, 1.165) is 17.9 Å². The minimum absolute atomic E-state index is 0.184. The molecule has 120 valence electrons. The molecule has 3 rings (SSSR count). The Hall–Kier alpha value is -2.28. The highest BCUT2D eigenvalue weighted by Gasteiger charge is 2.12. The molecule has 0 spiro atoms. The molecule has 23 heavy (non-hydrogen) atoms. The summed E-state index contributed by atoms with van der Waals surface area (Å²) in [4.78, 5) is 19.6. The molecule has 1 aromatic carbocycles. The fourth-order valence-corrected chi connectivity index (χ4v) is 2.93. The lowest BCUT2D eigenvalue weighted by atomic mass is 10.3. The van der Waals surface area contributed by atoms with E-state index < -0.39 is 0 Å². The van der Waals surface area contributed by atoms with E-state index in [1.54, 1.807) is 22.6 Å². The van der Waals surface area contributed by atoms with Crippen LogP contribution in [-0.4, -0.2) is 37.8 Å². The van der Waals surface area contributed by atoms with Gasteiger partial charge in [-0.15, -0.1) is 0 Å². The summed E-state index contributed by atoms with van der Waals surface area (Å²) in [6, 6.07) is 9.90. The molecule has 2 N–H and O–H groups in total. The van der Waals surface area contributed by atoms with E-state index in [1.165, 1.54) is 0 Å². The molecule has 0 unspecified atom stereocenters. The second-order valence-electron chi connectivity index (χ2n) is 5.37. The van der Waals surface area contributed by atoms with Crippen molar-refractivity contribution in [3.8, 4) is 5.69 Å². The summed E-state index contributed by atoms with van der Waals surface area (Å²) in [6.45, 7) is 2.08. The van der Waals surface area contributed by atoms with Gasteiger partial charge in [0.05, 0.1) is 11.9 Å². The molecule has 1 atom stereocenters. The van der Waals surface area contributed by atoms with E-state index in [9.17, 15) is 4.79 Å². The van der Waals surface area contributed by atoms with Crippen LogP contribution in [0.1, 0.15) is 13.3 Å². The minimum atomic E-state index is -0.184. The first kappa shape index (κ1) is 15.6. The molecule has 0 aliphatic carbocycles. The number of hydrogen-bond acceptors (Lipinski definition) is 5. The Morgan fingerprint density at radius 2 is 2.13 bits per heavy atom. The van der Waals surface area contributed by atoms with Gasteiger partial charge in [-0.05, 0) is 37.5 Å². The Morgan fingerprint density at radius 3 is 2.87 bits per heavy atom. The molecular formula is C16H19N5OS. The molecule has 0 radical (unpaired) electrons. The molecule has 0 amide bonds. The largest absolute Gasteiger partial charge is 0.353 e. The normalized spacial score (nSPS) is 12.4. The molecule has 0 aliphatic heterocycles. The van der Waals surface area contributed by atoms with Crippen LogP contribution in [-0.2, 0) is 0 Å². The number of rotatable bonds is 6. The van der Waals surface area contributed by atoms with E-state index in [1.807, 2.05) is 30.3 Å². The van der Waals surface area contributed by atoms with Gasteiger partial charge < -0.3 is 5.32 Å². The smallest absolute Gasteiger partial charge is 0.263 e. The van der Waals surface area contributed by atoms with Crippen LogP contribution in [0.25, 0.3) is 16.7 Å². The van der Waals surface area contributed by atoms with Gasteiger partial charge in [-0.25, -0.2) is 4.68 Å². The number of nitrogens with one attached hydrogen (secondary N) is 2. The zero-order chi connectivity index (χ0) is 16.2. The van der Waals surface area contributed by atoms with Gasteiger partial charge in [0.1, 0.15) is 5.39 Å². The predicted molar refractivity (Wildman–Crippen MR) is 95.6 cm³/mol. The fraction of sp³-hybridized carbons (Fsp3) is 0.312. The third-order valence-electron chi connectivity index (χ3n) is 3.58. The second-order valence-corrected chi connectivity index (χ2v) is 6.36. The third-order valence-corrected chi connectivity index (χ3v) is 4.22. The number of aromatic nitrogens is 4. The topological polar surface area (TPSA) is 75.6 Å². The minimum Gasteiger partial charge on any atom is -0.353 e. The van der Waals surface area contributed by atoms with Crippen molar-refractivity contribution >= 4 is 28.7 Å². The van der Waals surface area contributed by atoms with Gasteiger partial charge in [-0.1, -0.05) is 18.2 Å². The fourth-order valence-electron chi connectivity index (χ4n) is 2.35. The standard InChI is InChI=1S/C16H19N5OS/c1-11(8-9-23-2)18-16-19-14-13(15(22)20-16)10-17-21(14)12-6-4-3-5-7-12/h3-7,10-11H,8-9H2,1-2H3,(H2,18,19,20,22)/t11-/m0/s1. The average molecular weight is 329 g/mol. The summed E-state index contributed by atoms with van der Waals surface area (Å²) in [5.41, 5.74) is 1.25. The number of H-pyrrole nitrogens is 1. The van der Waals surface area contributed by atoms with Gasteiger partial charge in [0.15, 0.2) is 5.65 Å². The Kier molecular flexibility index (Phi) is 4.66. The predicted octanol–water partition coefficient (Wildman–Crippen LogP) is 2.66. The number of hydrogen-bond donors (Lipinski definition) is 2. The SMILES string of the molecule is CSCC[C@H](C)Nc1nc2c(cnn2-c2ccccc2)c(=O)[nH]1. The number of para-hydroxylation sites is 1. The highest BCUT2D eigenvalue weighted by molar-refractivity contribution is 7.98. The summed E-state index contributed by atoms with van der Waals surface area (Å²) in [7, 11) is 0. The quantitative estimate of drug-likeness (QED) is 0.727. The van der Waals surface area contributed by atoms with E-state index in [0.29, 0.717) is 17.0 Å². The first-order valence-electron chi connectivity index (χ1n) is 7.48. The number of aromatic amines is 1. The van der Waals surface area contributed by atoms with Crippen LogP contribution in [0.2, 0.25) is 0 Å². The van der Waals surface area contributed by atoms with E-state index in [-0.39, 0.29) is 11.6 Å². The van der Waals surface area contributed by atoms with Crippen LogP contribution in [0.3, 0.4) is 0 Å². The summed E-state index contributed by atoms with van der Waals surface area (Å²) in [6.07, 6.45) is 4.63. The average Bonchev–Trinajstić information content (AvgIpc) is 2.98. The molecule has 0 bridgehead atoms. The molecule has 0 saturated heterocycles. The van der Waals surface area contributed by atoms with Crippen molar-refractivity contribution in [2.24, 2.45) is 0 Å². The molecule has 0 fully saturated rings. The monoisotopic (exact) mass is 329 g/mol. The van der Waals surface area contributed by atoms with Gasteiger partial charge in [-0.3, -0.25) is 9.78 Å². The summed E-state index contributed by atoms with van der Waals surface area (Å²) in [5.74, 6) is 1.54. The van der Waals surface area contributed by atoms with Crippen molar-refractivity contribution in [1.29, 1.82) is 0 Å². The number of nitrogens with zero attached hydrogens (tertiary/aromatic N) is 3. The van der Waals surface area contributed by atoms with Crippen molar-refractivity contribution in [1.82, 2.24) is 19.7 Å². The van der Waals surface area contributed by atoms with Crippen molar-refractivity contribution in [3.05, 3.63) is 46.9 Å². The first-order chi connectivity index (χ1) is 11.2. The lowest BCUT2D eigenvalue weighted by Gasteiger charge is -2.13. The number of benzene rings is 1. The maximum absolute atomic E-state index is 12.2. The van der Waals surface area contributed by atoms with Crippen molar-refractivity contribution in [3.63, 3.8) is 0 Å². The molecule has 0 aliphatic rings. The zero-order valence-corrected chi connectivity index (χ0v) is 13.9. The second kappa shape index (κ2) is 6.87. The van der Waals surface area contributed by atoms with Gasteiger partial charge in [0.2, 0.25) is 5.95 Å². The van der Waals surface area contributed by atoms with Crippen LogP contribution in [0.5, 0.6) is 0 Å². The number of fused-ring (bicyclic) bond motifs is 1. The van der Waals surface area contributed by atoms with Crippen molar-refractivity contribution < 1.29 is 0 Å². The van der Waals surface area contributed by atoms with E-state index in [2.05, 4.69) is 33.6 Å². The van der Waals surface area contributed by atoms with Crippen LogP contribution >= 0.6 is 11.8 Å². The summed E-state index contributed by atoms with van der Waals surface area (Å²) < 4.78 is 1.68. The van der Waals surface area contributed by atoms with Crippen LogP contribution in [0, 0.1) is 0 Å². The van der Waals surface area contributed by atoms with Gasteiger partial charge >= 0.3 is 0 Å². The van der Waals surface area contributed by atoms with Gasteiger partial charge in [0.25, 0.3) is 5.56 Å². The molecule has 2 heterocycles. The maximum atomic E-state index is 12.2. The van der Waals surface area contributed by atoms with Crippen LogP contribution in [0.4, 0.5) is 5.95 Å². The van der Waals surface area contributed by atoms with Crippen molar-refractivity contribution in [2.75, 3.05) is 17.3 Å². The summed E-state index contributed by atoms with van der Waals surface area (Å²) >= 11 is 1.80. The molecule has 3 aromatic rings. The van der Waals surface area contributed by atoms with E-state index in [4.69, 9.17) is 0 Å². The maximum Gasteiger partial charge on any atom is 0.263 e. The molecule has 2 aromatic heterocycles. The molecule has 0 saturated carbocycles. The molecular weight excluding hydrogens is 310 g/mol. The lowest BCUT2D eigenvalue weighted by Crippen LogP contribution is -2.21. The van der Waals surface area contributed by atoms with Crippen LogP contribution in [0.15, 0.2) is 41.3 Å². The Labute approximate surface area is 138 Å². The zero-order valence-electron chi connectivity index (χ0n) is 13.1. The highest BCUT2D eigenvalue weighted by Crippen LogP contribution is 2.15. The van der Waals surface area contributed by atoms with Crippen LogP contribution < -0.4 is 10.9 Å². The highest BCUT2D eigenvalue weighted by atomic mass is 32.2. The van der Waals surface area contributed by atoms with Gasteiger partial charge in [-0.2, -0.15) is 21.8 Å². The summed E-state index contributed by atoms with van der Waals surface area (Å²) in [5, 5.41) is 8.04. The lowest BCUT2D eigenvalue weighted by molar-refractivity contribution is 0.759. The number of anilines is 1. The number of thioether (sulfide) groups is 1. The Balaban J connectivity index is 1.98. The van der Waals surface area contributed by atoms with Crippen molar-refractivity contribution in [2.45, 2.75) is 19.4 Å². The molecule has 6 nitrogen and oxygen atoms in total. The Morgan fingerprint density at radius 1 is 1.35 bits per heavy atom. The molecule has 7 heteroatoms. The Bertz CT molecular complexity index is 843. The first-order valence-corrected chi connectivity index (χ1v) is 8.87. The van der Waals surface area contributed by atoms with Gasteiger partial charge in [0, 0.05) is 6.04 Å². The van der Waals surface area contributed by atoms with E-state index >= 15 is 0 Å². The third kappa shape index (κ3) is 3.39.